The van der Waals surface area contributed by atoms with Gasteiger partial charge < -0.3 is 38.4 Å². The van der Waals surface area contributed by atoms with Gasteiger partial charge in [0.2, 0.25) is 13.2 Å². The highest BCUT2D eigenvalue weighted by atomic mass is 32.2. The Morgan fingerprint density at radius 3 is 2.10 bits per heavy atom. The second-order valence-electron chi connectivity index (χ2n) is 16.8. The zero-order valence-corrected chi connectivity index (χ0v) is 40.7. The molecule has 0 aliphatic heterocycles. The molecule has 0 amide bonds. The molecule has 0 radical (unpaired) electrons. The molecule has 1 fully saturated rings. The normalized spacial score (nSPS) is 17.6. The molecule has 5 atom stereocenters. The monoisotopic (exact) mass is 916 g/mol. The predicted molar refractivity (Wildman–Crippen MR) is 240 cm³/mol. The molecule has 3 rings (SSSR count). The summed E-state index contributed by atoms with van der Waals surface area (Å²) >= 11 is 0. The van der Waals surface area contributed by atoms with Gasteiger partial charge in [0, 0.05) is 30.7 Å². The molecule has 3 unspecified atom stereocenters. The number of phenolic OH excluding ortho intramolecular Hbond substituents is 1. The lowest BCUT2D eigenvalue weighted by atomic mass is 9.92. The molecule has 18 heteroatoms. The van der Waals surface area contributed by atoms with Gasteiger partial charge in [-0.3, -0.25) is 10.1 Å². The minimum Gasteiger partial charge on any atom is -0.550 e. The van der Waals surface area contributed by atoms with Crippen molar-refractivity contribution in [1.29, 1.82) is 0 Å². The highest BCUT2D eigenvalue weighted by Gasteiger charge is 2.49. The van der Waals surface area contributed by atoms with Crippen molar-refractivity contribution in [3.63, 3.8) is 0 Å². The van der Waals surface area contributed by atoms with Crippen LogP contribution in [0.15, 0.2) is 81.1 Å². The molecule has 0 heterocycles. The summed E-state index contributed by atoms with van der Waals surface area (Å²) in [4.78, 5) is 26.5. The van der Waals surface area contributed by atoms with E-state index in [-0.39, 0.29) is 70.8 Å². The Hall–Kier alpha value is -4.45. The smallest absolute Gasteiger partial charge is 0.410 e. The highest BCUT2D eigenvalue weighted by molar-refractivity contribution is 7.91. The van der Waals surface area contributed by atoms with Gasteiger partial charge in [-0.2, -0.15) is 0 Å². The van der Waals surface area contributed by atoms with Gasteiger partial charge in [-0.25, -0.2) is 8.42 Å². The standard InChI is InChI=1S/C45H68N4O12SSi/c1-13-58-41(45(59-14-2,60-15-3)47-48-46-38-28-36(38)44(51)52)23-19-20-32(10)43(61-63(29(4)5,30(6)7)31(8)9)33(11)24-25-40(62(55,56)35-21-17-16-18-22-35)37-26-34(57-12)27-39(42(37)50)49(53)54/h16-18,21-24,26-27,29-32,36,38,40,43H,13-15,19-20,25,28H2,1-12H3,(H-,50,51,52)/b33-24-,41-23+/t32-,36?,38?,40?,43+/m0/s1. The van der Waals surface area contributed by atoms with Gasteiger partial charge in [0.25, 0.3) is 0 Å². The number of sulfone groups is 1. The summed E-state index contributed by atoms with van der Waals surface area (Å²) in [6.07, 6.45) is 4.32. The zero-order chi connectivity index (χ0) is 47.3. The molecule has 1 aliphatic rings. The number of allylic oxidation sites excluding steroid dienone is 2. The number of hydrogen-bond acceptors (Lipinski definition) is 14. The quantitative estimate of drug-likeness (QED) is 0.0130. The summed E-state index contributed by atoms with van der Waals surface area (Å²) in [5, 5.41) is 41.5. The first-order valence-corrected chi connectivity index (χ1v) is 25.5. The molecule has 2 aromatic rings. The SMILES string of the molecule is CCO/C(=C/CC[C@H](C)[C@@H](O[Si](C(C)C)(C(C)C)C(C)C)/C(C)=C\CC(c1cc(OC)cc([N+](=O)[O-])c1O)S(=O)(=O)c1ccccc1)C(N=[N+]=NC1CC1C(=O)[O-])(OCC)OCC. The molecule has 16 nitrogen and oxygen atoms in total. The van der Waals surface area contributed by atoms with Crippen LogP contribution in [-0.4, -0.2) is 77.7 Å². The van der Waals surface area contributed by atoms with Crippen molar-refractivity contribution in [2.45, 2.75) is 147 Å². The van der Waals surface area contributed by atoms with Crippen molar-refractivity contribution in [2.24, 2.45) is 22.1 Å². The Morgan fingerprint density at radius 2 is 1.60 bits per heavy atom. The number of rotatable bonds is 27. The Kier molecular flexibility index (Phi) is 19.7. The average Bonchev–Trinajstić information content (AvgIpc) is 4.01. The van der Waals surface area contributed by atoms with E-state index in [0.717, 1.165) is 11.6 Å². The Morgan fingerprint density at radius 1 is 1.00 bits per heavy atom. The molecule has 1 N–H and O–H groups in total. The van der Waals surface area contributed by atoms with E-state index in [1.165, 1.54) is 25.3 Å². The molecule has 0 aromatic heterocycles. The van der Waals surface area contributed by atoms with Gasteiger partial charge in [0.1, 0.15) is 16.9 Å². The molecule has 2 aromatic carbocycles. The number of aromatic hydroxyl groups is 1. The Bertz CT molecular complexity index is 2060. The number of carboxylic acids is 1. The van der Waals surface area contributed by atoms with E-state index >= 15 is 0 Å². The van der Waals surface area contributed by atoms with Gasteiger partial charge in [0.15, 0.2) is 26.5 Å². The number of carbonyl (C=O) groups is 1. The molecular formula is C45H68N4O12SSi. The third-order valence-corrected chi connectivity index (χ3v) is 19.9. The number of methoxy groups -OCH3 is 1. The molecule has 350 valence electrons. The second kappa shape index (κ2) is 23.5. The number of nitrogens with zero attached hydrogens (tertiary/aromatic N) is 4. The first-order valence-electron chi connectivity index (χ1n) is 21.8. The van der Waals surface area contributed by atoms with Crippen LogP contribution < -0.4 is 14.8 Å². The van der Waals surface area contributed by atoms with E-state index in [2.05, 4.69) is 63.6 Å². The van der Waals surface area contributed by atoms with Crippen LogP contribution in [0.2, 0.25) is 16.6 Å². The minimum absolute atomic E-state index is 0.00693. The minimum atomic E-state index is -4.24. The number of hydrogen-bond donors (Lipinski definition) is 1. The van der Waals surface area contributed by atoms with E-state index < -0.39 is 69.7 Å². The van der Waals surface area contributed by atoms with Crippen LogP contribution in [0.25, 0.3) is 0 Å². The number of phenols is 1. The zero-order valence-electron chi connectivity index (χ0n) is 38.9. The van der Waals surface area contributed by atoms with Crippen molar-refractivity contribution in [3.05, 3.63) is 81.6 Å². The van der Waals surface area contributed by atoms with Gasteiger partial charge in [0.05, 0.1) is 41.0 Å². The summed E-state index contributed by atoms with van der Waals surface area (Å²) in [6, 6.07) is 9.64. The molecule has 63 heavy (non-hydrogen) atoms. The average molecular weight is 917 g/mol. The van der Waals surface area contributed by atoms with Crippen molar-refractivity contribution in [2.75, 3.05) is 26.9 Å². The van der Waals surface area contributed by atoms with Gasteiger partial charge >= 0.3 is 11.6 Å². The largest absolute Gasteiger partial charge is 0.550 e. The molecule has 1 aliphatic carbocycles. The highest BCUT2D eigenvalue weighted by Crippen LogP contribution is 2.47. The maximum atomic E-state index is 14.5. The van der Waals surface area contributed by atoms with Crippen LogP contribution in [0, 0.1) is 22.0 Å². The first-order chi connectivity index (χ1) is 29.7. The van der Waals surface area contributed by atoms with Crippen molar-refractivity contribution in [1.82, 2.24) is 4.91 Å². The van der Waals surface area contributed by atoms with Crippen LogP contribution in [0.1, 0.15) is 113 Å². The number of aliphatic carboxylic acids is 1. The summed E-state index contributed by atoms with van der Waals surface area (Å²) in [7, 11) is -5.50. The Balaban J connectivity index is 2.18. The van der Waals surface area contributed by atoms with Gasteiger partial charge in [-0.05, 0) is 106 Å². The van der Waals surface area contributed by atoms with Crippen molar-refractivity contribution >= 4 is 29.8 Å². The summed E-state index contributed by atoms with van der Waals surface area (Å²) in [5.74, 6) is -4.30. The topological polar surface area (TPSA) is 223 Å². The van der Waals surface area contributed by atoms with Crippen molar-refractivity contribution < 1.29 is 51.7 Å². The molecule has 0 bridgehead atoms. The fraction of sp³-hybridized carbons (Fsp3) is 0.622. The predicted octanol–water partition coefficient (Wildman–Crippen LogP) is 8.89. The van der Waals surface area contributed by atoms with Crippen LogP contribution >= 0.6 is 0 Å². The number of nitro benzene ring substituents is 1. The van der Waals surface area contributed by atoms with E-state index in [1.807, 2.05) is 26.0 Å². The number of carbonyl (C=O) groups excluding carboxylic acids is 1. The number of nitro groups is 1. The lowest BCUT2D eigenvalue weighted by Gasteiger charge is -2.46. The van der Waals surface area contributed by atoms with Crippen LogP contribution in [-0.2, 0) is 33.3 Å². The number of ether oxygens (including phenoxy) is 4. The van der Waals surface area contributed by atoms with Crippen molar-refractivity contribution in [3.8, 4) is 11.5 Å². The maximum Gasteiger partial charge on any atom is 0.410 e. The second-order valence-corrected chi connectivity index (χ2v) is 24.3. The fourth-order valence-corrected chi connectivity index (χ4v) is 15.9. The van der Waals surface area contributed by atoms with E-state index in [1.54, 1.807) is 32.0 Å². The lowest BCUT2D eigenvalue weighted by molar-refractivity contribution is -0.386. The molecule has 1 saturated carbocycles. The van der Waals surface area contributed by atoms with Gasteiger partial charge in [-0.1, -0.05) is 72.7 Å². The summed E-state index contributed by atoms with van der Waals surface area (Å²) < 4.78 is 60.0. The fourth-order valence-electron chi connectivity index (χ4n) is 8.47. The van der Waals surface area contributed by atoms with Crippen LogP contribution in [0.4, 0.5) is 5.69 Å². The van der Waals surface area contributed by atoms with Crippen LogP contribution in [0.5, 0.6) is 11.5 Å². The summed E-state index contributed by atoms with van der Waals surface area (Å²) in [6.45, 7) is 23.1. The number of carboxylic acid groups (broad SMARTS) is 1. The molecule has 0 spiro atoms. The van der Waals surface area contributed by atoms with Crippen LogP contribution in [0.3, 0.4) is 0 Å². The van der Waals surface area contributed by atoms with E-state index in [9.17, 15) is 33.5 Å². The lowest BCUT2D eigenvalue weighted by Crippen LogP contribution is -2.51. The number of benzene rings is 2. The van der Waals surface area contributed by atoms with E-state index in [0.29, 0.717) is 19.3 Å². The van der Waals surface area contributed by atoms with E-state index in [4.69, 9.17) is 23.4 Å². The van der Waals surface area contributed by atoms with Gasteiger partial charge in [-0.15, -0.1) is 0 Å². The molecule has 0 saturated heterocycles. The third kappa shape index (κ3) is 12.9. The molecular weight excluding hydrogens is 849 g/mol. The first kappa shape index (κ1) is 52.9. The third-order valence-electron chi connectivity index (χ3n) is 11.7. The maximum absolute atomic E-state index is 14.5. The Labute approximate surface area is 374 Å². The summed E-state index contributed by atoms with van der Waals surface area (Å²) in [5.41, 5.74) is 0.597.